The van der Waals surface area contributed by atoms with E-state index in [0.29, 0.717) is 17.9 Å². The van der Waals surface area contributed by atoms with Crippen molar-refractivity contribution in [3.63, 3.8) is 0 Å². The highest BCUT2D eigenvalue weighted by Gasteiger charge is 2.41. The monoisotopic (exact) mass is 449 g/mol. The maximum absolute atomic E-state index is 13.6. The minimum atomic E-state index is -1.98. The van der Waals surface area contributed by atoms with E-state index in [1.165, 1.54) is 6.92 Å². The van der Waals surface area contributed by atoms with Crippen LogP contribution in [0.5, 0.6) is 0 Å². The molecule has 0 unspecified atom stereocenters. The number of fused-ring (bicyclic) bond motifs is 4. The molecule has 2 N–H and O–H groups in total. The third-order valence-electron chi connectivity index (χ3n) is 5.95. The molecule has 3 aromatic rings. The summed E-state index contributed by atoms with van der Waals surface area (Å²) in [7, 11) is 0. The number of esters is 1. The summed E-state index contributed by atoms with van der Waals surface area (Å²) in [5.41, 5.74) is 0.612. The number of hydrogen-bond acceptors (Lipinski definition) is 6. The summed E-state index contributed by atoms with van der Waals surface area (Å²) >= 11 is 0. The van der Waals surface area contributed by atoms with E-state index in [9.17, 15) is 19.5 Å². The van der Waals surface area contributed by atoms with Gasteiger partial charge in [-0.1, -0.05) is 25.1 Å². The molecule has 0 radical (unpaired) electrons. The minimum absolute atomic E-state index is 0.0273. The van der Waals surface area contributed by atoms with Crippen molar-refractivity contribution in [1.82, 2.24) is 14.9 Å². The number of nitrogens with zero attached hydrogens (tertiary/aromatic N) is 2. The zero-order chi connectivity index (χ0) is 23.9. The van der Waals surface area contributed by atoms with Gasteiger partial charge in [0.2, 0.25) is 0 Å². The Morgan fingerprint density at radius 3 is 2.67 bits per heavy atom. The van der Waals surface area contributed by atoms with Crippen LogP contribution in [0.1, 0.15) is 50.8 Å². The SMILES string of the molecule is CC[C@@](O)(C(=O)NC(C)C)c1cc2n(c(=O)c1COC(C)=O)Cc1cc3ccccc3nc1-2. The first-order valence-corrected chi connectivity index (χ1v) is 11.0. The van der Waals surface area contributed by atoms with Crippen LogP contribution in [0.4, 0.5) is 0 Å². The molecule has 1 aromatic carbocycles. The Bertz CT molecular complexity index is 1330. The molecule has 0 spiro atoms. The van der Waals surface area contributed by atoms with Gasteiger partial charge in [0.05, 0.1) is 29.0 Å². The number of aromatic nitrogens is 2. The molecule has 3 heterocycles. The van der Waals surface area contributed by atoms with Gasteiger partial charge in [-0.3, -0.25) is 14.4 Å². The number of aliphatic hydroxyl groups is 1. The number of rotatable bonds is 6. The van der Waals surface area contributed by atoms with Gasteiger partial charge >= 0.3 is 5.97 Å². The molecule has 1 aliphatic rings. The summed E-state index contributed by atoms with van der Waals surface area (Å²) in [6.07, 6.45) is 0.0273. The summed E-state index contributed by atoms with van der Waals surface area (Å²) < 4.78 is 6.69. The van der Waals surface area contributed by atoms with Crippen molar-refractivity contribution >= 4 is 22.8 Å². The molecule has 0 fully saturated rings. The Morgan fingerprint density at radius 1 is 1.27 bits per heavy atom. The zero-order valence-corrected chi connectivity index (χ0v) is 19.1. The van der Waals surface area contributed by atoms with Gasteiger partial charge in [-0.05, 0) is 38.5 Å². The van der Waals surface area contributed by atoms with Crippen LogP contribution in [-0.4, -0.2) is 32.6 Å². The lowest BCUT2D eigenvalue weighted by atomic mass is 9.86. The number of nitrogens with one attached hydrogen (secondary N) is 1. The number of hydrogen-bond donors (Lipinski definition) is 2. The van der Waals surface area contributed by atoms with Crippen LogP contribution >= 0.6 is 0 Å². The average Bonchev–Trinajstić information content (AvgIpc) is 3.13. The fourth-order valence-electron chi connectivity index (χ4n) is 4.25. The summed E-state index contributed by atoms with van der Waals surface area (Å²) in [5.74, 6) is -1.17. The van der Waals surface area contributed by atoms with E-state index in [2.05, 4.69) is 5.32 Å². The van der Waals surface area contributed by atoms with E-state index in [1.54, 1.807) is 31.4 Å². The van der Waals surface area contributed by atoms with Crippen LogP contribution in [0.2, 0.25) is 0 Å². The van der Waals surface area contributed by atoms with E-state index < -0.39 is 23.0 Å². The Balaban J connectivity index is 1.96. The van der Waals surface area contributed by atoms with E-state index in [0.717, 1.165) is 16.5 Å². The molecule has 2 aromatic heterocycles. The lowest BCUT2D eigenvalue weighted by molar-refractivity contribution is -0.142. The van der Waals surface area contributed by atoms with Gasteiger partial charge in [0.25, 0.3) is 11.5 Å². The number of ether oxygens (including phenoxy) is 1. The Kier molecular flexibility index (Phi) is 5.80. The topological polar surface area (TPSA) is 111 Å². The van der Waals surface area contributed by atoms with Crippen molar-refractivity contribution in [2.45, 2.75) is 58.9 Å². The Hall–Kier alpha value is -3.52. The molecular formula is C25H27N3O5. The number of amides is 1. The molecule has 0 saturated heterocycles. The van der Waals surface area contributed by atoms with Crippen LogP contribution in [0.3, 0.4) is 0 Å². The second-order valence-corrected chi connectivity index (χ2v) is 8.62. The Labute approximate surface area is 191 Å². The molecule has 8 heteroatoms. The highest BCUT2D eigenvalue weighted by Crippen LogP contribution is 2.36. The third kappa shape index (κ3) is 3.91. The van der Waals surface area contributed by atoms with E-state index in [4.69, 9.17) is 9.72 Å². The summed E-state index contributed by atoms with van der Waals surface area (Å²) in [4.78, 5) is 42.9. The number of pyridine rings is 2. The van der Waals surface area contributed by atoms with Crippen LogP contribution in [-0.2, 0) is 33.1 Å². The van der Waals surface area contributed by atoms with Gasteiger partial charge in [-0.2, -0.15) is 0 Å². The first kappa shape index (κ1) is 22.7. The summed E-state index contributed by atoms with van der Waals surface area (Å²) in [6.45, 7) is 6.45. The number of para-hydroxylation sites is 1. The fourth-order valence-corrected chi connectivity index (χ4v) is 4.25. The first-order valence-electron chi connectivity index (χ1n) is 11.0. The fraction of sp³-hybridized carbons (Fsp3) is 0.360. The predicted octanol–water partition coefficient (Wildman–Crippen LogP) is 2.61. The second kappa shape index (κ2) is 8.44. The maximum Gasteiger partial charge on any atom is 0.302 e. The lowest BCUT2D eigenvalue weighted by Gasteiger charge is -2.29. The van der Waals surface area contributed by atoms with E-state index in [1.807, 2.05) is 30.3 Å². The summed E-state index contributed by atoms with van der Waals surface area (Å²) in [6, 6.07) is 11.1. The van der Waals surface area contributed by atoms with Crippen molar-refractivity contribution in [3.05, 3.63) is 63.4 Å². The van der Waals surface area contributed by atoms with Gasteiger partial charge < -0.3 is 19.7 Å². The molecule has 33 heavy (non-hydrogen) atoms. The van der Waals surface area contributed by atoms with E-state index in [-0.39, 0.29) is 30.2 Å². The normalized spacial score (nSPS) is 14.0. The van der Waals surface area contributed by atoms with Crippen molar-refractivity contribution in [3.8, 4) is 11.4 Å². The molecule has 4 rings (SSSR count). The van der Waals surface area contributed by atoms with Gasteiger partial charge in [0.1, 0.15) is 6.61 Å². The Morgan fingerprint density at radius 2 is 2.00 bits per heavy atom. The molecule has 0 aliphatic carbocycles. The summed E-state index contributed by atoms with van der Waals surface area (Å²) in [5, 5.41) is 15.2. The number of carbonyl (C=O) groups is 2. The van der Waals surface area contributed by atoms with Crippen molar-refractivity contribution in [1.29, 1.82) is 0 Å². The van der Waals surface area contributed by atoms with Gasteiger partial charge in [-0.25, -0.2) is 4.98 Å². The second-order valence-electron chi connectivity index (χ2n) is 8.62. The standard InChI is InChI=1S/C25H27N3O5/c1-5-25(32,24(31)26-14(2)3)19-11-21-22-17(10-16-8-6-7-9-20(16)27-22)12-28(21)23(30)18(19)13-33-15(4)29/h6-11,14,32H,5,12-13H2,1-4H3,(H,26,31)/t25-/m0/s1. The van der Waals surface area contributed by atoms with Crippen molar-refractivity contribution in [2.75, 3.05) is 0 Å². The number of carbonyl (C=O) groups excluding carboxylic acids is 2. The highest BCUT2D eigenvalue weighted by atomic mass is 16.5. The van der Waals surface area contributed by atoms with Gasteiger partial charge in [0, 0.05) is 29.5 Å². The highest BCUT2D eigenvalue weighted by molar-refractivity contribution is 5.88. The van der Waals surface area contributed by atoms with Gasteiger partial charge in [-0.15, -0.1) is 0 Å². The zero-order valence-electron chi connectivity index (χ0n) is 19.1. The maximum atomic E-state index is 13.6. The lowest BCUT2D eigenvalue weighted by Crippen LogP contribution is -2.48. The molecule has 1 amide bonds. The smallest absolute Gasteiger partial charge is 0.302 e. The molecule has 0 bridgehead atoms. The van der Waals surface area contributed by atoms with Crippen LogP contribution in [0.15, 0.2) is 41.2 Å². The van der Waals surface area contributed by atoms with Gasteiger partial charge in [0.15, 0.2) is 5.60 Å². The molecule has 1 atom stereocenters. The van der Waals surface area contributed by atoms with E-state index >= 15 is 0 Å². The van der Waals surface area contributed by atoms with Crippen molar-refractivity contribution in [2.24, 2.45) is 0 Å². The van der Waals surface area contributed by atoms with Crippen LogP contribution in [0, 0.1) is 0 Å². The molecular weight excluding hydrogens is 422 g/mol. The van der Waals surface area contributed by atoms with Crippen molar-refractivity contribution < 1.29 is 19.4 Å². The predicted molar refractivity (Wildman–Crippen MR) is 123 cm³/mol. The third-order valence-corrected chi connectivity index (χ3v) is 5.95. The minimum Gasteiger partial charge on any atom is -0.461 e. The molecule has 1 aliphatic heterocycles. The largest absolute Gasteiger partial charge is 0.461 e. The average molecular weight is 450 g/mol. The first-order chi connectivity index (χ1) is 15.7. The molecule has 0 saturated carbocycles. The van der Waals surface area contributed by atoms with Crippen LogP contribution in [0.25, 0.3) is 22.3 Å². The number of benzene rings is 1. The van der Waals surface area contributed by atoms with Crippen LogP contribution < -0.4 is 10.9 Å². The molecule has 8 nitrogen and oxygen atoms in total. The quantitative estimate of drug-likeness (QED) is 0.438. The molecule has 172 valence electrons.